The van der Waals surface area contributed by atoms with Crippen LogP contribution in [0.4, 0.5) is 11.5 Å². The molecule has 1 aromatic heterocycles. The molecule has 0 atom stereocenters. The first-order valence-corrected chi connectivity index (χ1v) is 8.47. The standard InChI is InChI=1S/C13H21N3O2S/c1-2-10-19(17,18)15-12-6-7-13(14-11-12)16-8-4-3-5-9-16/h6-7,11,15H,2-5,8-10H2,1H3. The number of hydrogen-bond acceptors (Lipinski definition) is 4. The summed E-state index contributed by atoms with van der Waals surface area (Å²) >= 11 is 0. The lowest BCUT2D eigenvalue weighted by molar-refractivity contribution is 0.573. The zero-order chi connectivity index (χ0) is 13.7. The highest BCUT2D eigenvalue weighted by molar-refractivity contribution is 7.92. The van der Waals surface area contributed by atoms with Gasteiger partial charge in [-0.2, -0.15) is 0 Å². The molecule has 2 heterocycles. The van der Waals surface area contributed by atoms with Crippen molar-refractivity contribution in [3.63, 3.8) is 0 Å². The highest BCUT2D eigenvalue weighted by atomic mass is 32.2. The fourth-order valence-electron chi connectivity index (χ4n) is 2.26. The molecular weight excluding hydrogens is 262 g/mol. The maximum Gasteiger partial charge on any atom is 0.232 e. The van der Waals surface area contributed by atoms with Gasteiger partial charge in [0.2, 0.25) is 10.0 Å². The molecule has 6 heteroatoms. The van der Waals surface area contributed by atoms with E-state index in [-0.39, 0.29) is 5.75 Å². The van der Waals surface area contributed by atoms with Crippen LogP contribution in [0.25, 0.3) is 0 Å². The molecular formula is C13H21N3O2S. The van der Waals surface area contributed by atoms with E-state index >= 15 is 0 Å². The molecule has 0 amide bonds. The molecule has 0 unspecified atom stereocenters. The van der Waals surface area contributed by atoms with E-state index < -0.39 is 10.0 Å². The van der Waals surface area contributed by atoms with Crippen LogP contribution in [0.2, 0.25) is 0 Å². The van der Waals surface area contributed by atoms with Gasteiger partial charge < -0.3 is 4.90 Å². The largest absolute Gasteiger partial charge is 0.357 e. The van der Waals surface area contributed by atoms with Crippen molar-refractivity contribution >= 4 is 21.5 Å². The van der Waals surface area contributed by atoms with Crippen LogP contribution in [-0.4, -0.2) is 32.2 Å². The number of nitrogens with one attached hydrogen (secondary N) is 1. The number of sulfonamides is 1. The monoisotopic (exact) mass is 283 g/mol. The van der Waals surface area contributed by atoms with Crippen LogP contribution >= 0.6 is 0 Å². The minimum absolute atomic E-state index is 0.140. The number of nitrogens with zero attached hydrogens (tertiary/aromatic N) is 2. The third kappa shape index (κ3) is 4.09. The average molecular weight is 283 g/mol. The molecule has 5 nitrogen and oxygen atoms in total. The molecule has 1 aromatic rings. The van der Waals surface area contributed by atoms with Gasteiger partial charge in [0, 0.05) is 13.1 Å². The maximum atomic E-state index is 11.6. The van der Waals surface area contributed by atoms with Crippen molar-refractivity contribution in [2.45, 2.75) is 32.6 Å². The Hall–Kier alpha value is -1.30. The summed E-state index contributed by atoms with van der Waals surface area (Å²) in [5.41, 5.74) is 0.536. The topological polar surface area (TPSA) is 62.3 Å². The molecule has 0 saturated carbocycles. The van der Waals surface area contributed by atoms with Crippen molar-refractivity contribution in [1.29, 1.82) is 0 Å². The van der Waals surface area contributed by atoms with Crippen molar-refractivity contribution in [2.24, 2.45) is 0 Å². The predicted octanol–water partition coefficient (Wildman–Crippen LogP) is 2.22. The number of aromatic nitrogens is 1. The summed E-state index contributed by atoms with van der Waals surface area (Å²) in [6.45, 7) is 3.92. The van der Waals surface area contributed by atoms with E-state index in [1.807, 2.05) is 13.0 Å². The summed E-state index contributed by atoms with van der Waals surface area (Å²) in [4.78, 5) is 6.59. The number of anilines is 2. The van der Waals surface area contributed by atoms with Gasteiger partial charge in [0.1, 0.15) is 5.82 Å². The zero-order valence-electron chi connectivity index (χ0n) is 11.3. The summed E-state index contributed by atoms with van der Waals surface area (Å²) in [6, 6.07) is 3.67. The quantitative estimate of drug-likeness (QED) is 0.900. The van der Waals surface area contributed by atoms with Gasteiger partial charge in [0.25, 0.3) is 0 Å². The second-order valence-electron chi connectivity index (χ2n) is 4.87. The van der Waals surface area contributed by atoms with Crippen LogP contribution in [0, 0.1) is 0 Å². The first-order valence-electron chi connectivity index (χ1n) is 6.82. The van der Waals surface area contributed by atoms with Crippen LogP contribution in [0.3, 0.4) is 0 Å². The number of rotatable bonds is 5. The van der Waals surface area contributed by atoms with Gasteiger partial charge in [-0.05, 0) is 37.8 Å². The van der Waals surface area contributed by atoms with Gasteiger partial charge in [0.15, 0.2) is 0 Å². The van der Waals surface area contributed by atoms with Crippen LogP contribution in [0.15, 0.2) is 18.3 Å². The Morgan fingerprint density at radius 2 is 2.00 bits per heavy atom. The van der Waals surface area contributed by atoms with E-state index in [9.17, 15) is 8.42 Å². The van der Waals surface area contributed by atoms with Crippen LogP contribution in [0.5, 0.6) is 0 Å². The lowest BCUT2D eigenvalue weighted by Gasteiger charge is -2.27. The first-order chi connectivity index (χ1) is 9.11. The van der Waals surface area contributed by atoms with E-state index in [0.29, 0.717) is 12.1 Å². The lowest BCUT2D eigenvalue weighted by Crippen LogP contribution is -2.30. The minimum atomic E-state index is -3.23. The van der Waals surface area contributed by atoms with E-state index in [1.54, 1.807) is 12.3 Å². The molecule has 0 aliphatic carbocycles. The number of hydrogen-bond donors (Lipinski definition) is 1. The van der Waals surface area contributed by atoms with E-state index in [0.717, 1.165) is 18.9 Å². The third-order valence-corrected chi connectivity index (χ3v) is 4.67. The van der Waals surface area contributed by atoms with E-state index in [4.69, 9.17) is 0 Å². The molecule has 1 aliphatic rings. The molecule has 1 saturated heterocycles. The Bertz CT molecular complexity index is 493. The number of piperidine rings is 1. The highest BCUT2D eigenvalue weighted by Gasteiger charge is 2.13. The molecule has 1 N–H and O–H groups in total. The second-order valence-corrected chi connectivity index (χ2v) is 6.72. The van der Waals surface area contributed by atoms with E-state index in [2.05, 4.69) is 14.6 Å². The summed E-state index contributed by atoms with van der Waals surface area (Å²) in [5, 5.41) is 0. The van der Waals surface area contributed by atoms with Gasteiger partial charge in [-0.25, -0.2) is 13.4 Å². The fourth-order valence-corrected chi connectivity index (χ4v) is 3.38. The molecule has 0 spiro atoms. The SMILES string of the molecule is CCCS(=O)(=O)Nc1ccc(N2CCCCC2)nc1. The smallest absolute Gasteiger partial charge is 0.232 e. The van der Waals surface area contributed by atoms with Crippen molar-refractivity contribution in [2.75, 3.05) is 28.5 Å². The first kappa shape index (κ1) is 14.1. The van der Waals surface area contributed by atoms with Gasteiger partial charge in [-0.1, -0.05) is 6.92 Å². The van der Waals surface area contributed by atoms with Crippen molar-refractivity contribution in [1.82, 2.24) is 4.98 Å². The predicted molar refractivity (Wildman–Crippen MR) is 78.0 cm³/mol. The summed E-state index contributed by atoms with van der Waals surface area (Å²) in [5.74, 6) is 1.07. The molecule has 1 aliphatic heterocycles. The van der Waals surface area contributed by atoms with Crippen molar-refractivity contribution < 1.29 is 8.42 Å². The lowest BCUT2D eigenvalue weighted by atomic mass is 10.1. The molecule has 0 radical (unpaired) electrons. The van der Waals surface area contributed by atoms with E-state index in [1.165, 1.54) is 19.3 Å². The molecule has 0 aromatic carbocycles. The Morgan fingerprint density at radius 3 is 2.58 bits per heavy atom. The summed E-state index contributed by atoms with van der Waals surface area (Å²) < 4.78 is 25.8. The maximum absolute atomic E-state index is 11.6. The molecule has 0 bridgehead atoms. The van der Waals surface area contributed by atoms with Gasteiger partial charge >= 0.3 is 0 Å². The molecule has 1 fully saturated rings. The molecule has 19 heavy (non-hydrogen) atoms. The summed E-state index contributed by atoms with van der Waals surface area (Å²) in [7, 11) is -3.23. The Labute approximate surface area is 115 Å². The Morgan fingerprint density at radius 1 is 1.26 bits per heavy atom. The zero-order valence-corrected chi connectivity index (χ0v) is 12.1. The summed E-state index contributed by atoms with van der Waals surface area (Å²) in [6.07, 6.45) is 5.89. The normalized spacial score (nSPS) is 16.4. The van der Waals surface area contributed by atoms with Crippen molar-refractivity contribution in [3.05, 3.63) is 18.3 Å². The highest BCUT2D eigenvalue weighted by Crippen LogP contribution is 2.19. The molecule has 106 valence electrons. The van der Waals surface area contributed by atoms with Crippen LogP contribution in [-0.2, 0) is 10.0 Å². The molecule has 2 rings (SSSR count). The number of pyridine rings is 1. The Kier molecular flexibility index (Phi) is 4.63. The van der Waals surface area contributed by atoms with Crippen molar-refractivity contribution in [3.8, 4) is 0 Å². The average Bonchev–Trinajstić information content (AvgIpc) is 2.40. The van der Waals surface area contributed by atoms with Crippen LogP contribution in [0.1, 0.15) is 32.6 Å². The van der Waals surface area contributed by atoms with Gasteiger partial charge in [-0.15, -0.1) is 0 Å². The van der Waals surface area contributed by atoms with Gasteiger partial charge in [-0.3, -0.25) is 4.72 Å². The minimum Gasteiger partial charge on any atom is -0.357 e. The second kappa shape index (κ2) is 6.23. The van der Waals surface area contributed by atoms with Gasteiger partial charge in [0.05, 0.1) is 17.6 Å². The fraction of sp³-hybridized carbons (Fsp3) is 0.615. The third-order valence-electron chi connectivity index (χ3n) is 3.17. The Balaban J connectivity index is 2.02. The van der Waals surface area contributed by atoms with Crippen LogP contribution < -0.4 is 9.62 Å².